The van der Waals surface area contributed by atoms with Gasteiger partial charge in [0.1, 0.15) is 6.10 Å². The first kappa shape index (κ1) is 24.1. The molecule has 0 aromatic rings. The Bertz CT molecular complexity index is 463. The molecule has 30 heavy (non-hydrogen) atoms. The number of carbonyl (C=O) groups is 1. The first-order chi connectivity index (χ1) is 14.7. The van der Waals surface area contributed by atoms with Crippen LogP contribution < -0.4 is 0 Å². The molecule has 0 aromatic carbocycles. The van der Waals surface area contributed by atoms with Crippen molar-refractivity contribution in [1.29, 1.82) is 0 Å². The third-order valence-corrected chi connectivity index (χ3v) is 9.03. The molecule has 0 bridgehead atoms. The third kappa shape index (κ3) is 7.86. The molecule has 0 unspecified atom stereocenters. The van der Waals surface area contributed by atoms with Gasteiger partial charge in [0.25, 0.3) is 0 Å². The highest BCUT2D eigenvalue weighted by atomic mass is 16.5. The molecule has 0 radical (unpaired) electrons. The van der Waals surface area contributed by atoms with E-state index in [2.05, 4.69) is 6.92 Å². The minimum atomic E-state index is -0.0102. The Labute approximate surface area is 187 Å². The second-order valence-electron chi connectivity index (χ2n) is 11.1. The molecule has 2 heteroatoms. The molecule has 3 aliphatic carbocycles. The van der Waals surface area contributed by atoms with Gasteiger partial charge in [-0.15, -0.1) is 0 Å². The smallest absolute Gasteiger partial charge is 0.305 e. The number of esters is 1. The predicted octanol–water partition coefficient (Wildman–Crippen LogP) is 8.47. The van der Waals surface area contributed by atoms with E-state index in [0.29, 0.717) is 6.42 Å². The topological polar surface area (TPSA) is 26.3 Å². The van der Waals surface area contributed by atoms with Gasteiger partial charge in [-0.1, -0.05) is 90.9 Å². The summed E-state index contributed by atoms with van der Waals surface area (Å²) >= 11 is 0. The molecule has 174 valence electrons. The summed E-state index contributed by atoms with van der Waals surface area (Å²) in [5, 5.41) is 0. The molecule has 0 N–H and O–H groups in total. The fraction of sp³-hybridized carbons (Fsp3) is 0.964. The third-order valence-electron chi connectivity index (χ3n) is 9.03. The lowest BCUT2D eigenvalue weighted by molar-refractivity contribution is -0.150. The highest BCUT2D eigenvalue weighted by Gasteiger charge is 2.32. The van der Waals surface area contributed by atoms with Crippen LogP contribution >= 0.6 is 0 Å². The second kappa shape index (κ2) is 13.1. The quantitative estimate of drug-likeness (QED) is 0.263. The average molecular weight is 419 g/mol. The number of hydrogen-bond donors (Lipinski definition) is 0. The molecule has 0 saturated heterocycles. The Morgan fingerprint density at radius 2 is 1.10 bits per heavy atom. The standard InChI is InChI=1S/C28H50O2/c1-3-5-6-7-22-8-10-23(11-9-22)12-13-24-14-16-25(17-15-24)26-18-20-27(21-19-26)30-28(29)4-2/h22-27H,3-21H2,1-2H3. The Balaban J connectivity index is 1.25. The molecule has 0 spiro atoms. The van der Waals surface area contributed by atoms with Crippen molar-refractivity contribution in [2.24, 2.45) is 29.6 Å². The van der Waals surface area contributed by atoms with Crippen LogP contribution in [-0.4, -0.2) is 12.1 Å². The van der Waals surface area contributed by atoms with Crippen molar-refractivity contribution in [3.05, 3.63) is 0 Å². The fourth-order valence-electron chi connectivity index (χ4n) is 6.86. The summed E-state index contributed by atoms with van der Waals surface area (Å²) in [6.45, 7) is 4.22. The lowest BCUT2D eigenvalue weighted by atomic mass is 9.69. The van der Waals surface area contributed by atoms with Crippen molar-refractivity contribution in [3.8, 4) is 0 Å². The summed E-state index contributed by atoms with van der Waals surface area (Å²) in [5.41, 5.74) is 0. The van der Waals surface area contributed by atoms with Gasteiger partial charge in [0.15, 0.2) is 0 Å². The number of unbranched alkanes of at least 4 members (excludes halogenated alkanes) is 2. The van der Waals surface area contributed by atoms with E-state index in [9.17, 15) is 4.79 Å². The highest BCUT2D eigenvalue weighted by Crippen LogP contribution is 2.42. The summed E-state index contributed by atoms with van der Waals surface area (Å²) in [4.78, 5) is 11.5. The van der Waals surface area contributed by atoms with E-state index in [1.165, 1.54) is 103 Å². The van der Waals surface area contributed by atoms with E-state index in [0.717, 1.165) is 42.4 Å². The molecule has 3 rings (SSSR count). The fourth-order valence-corrected chi connectivity index (χ4v) is 6.86. The molecule has 0 atom stereocenters. The molecule has 0 amide bonds. The van der Waals surface area contributed by atoms with Gasteiger partial charge in [0.2, 0.25) is 0 Å². The van der Waals surface area contributed by atoms with Crippen LogP contribution in [0.1, 0.15) is 136 Å². The molecular formula is C28H50O2. The van der Waals surface area contributed by atoms with E-state index in [-0.39, 0.29) is 12.1 Å². The lowest BCUT2D eigenvalue weighted by Gasteiger charge is -2.38. The molecule has 0 heterocycles. The van der Waals surface area contributed by atoms with Crippen molar-refractivity contribution in [2.45, 2.75) is 142 Å². The zero-order chi connectivity index (χ0) is 21.2. The van der Waals surface area contributed by atoms with Gasteiger partial charge >= 0.3 is 5.97 Å². The van der Waals surface area contributed by atoms with E-state index in [4.69, 9.17) is 4.74 Å². The zero-order valence-corrected chi connectivity index (χ0v) is 20.2. The minimum Gasteiger partial charge on any atom is -0.462 e. The highest BCUT2D eigenvalue weighted by molar-refractivity contribution is 5.69. The number of ether oxygens (including phenoxy) is 1. The van der Waals surface area contributed by atoms with E-state index < -0.39 is 0 Å². The van der Waals surface area contributed by atoms with Crippen LogP contribution in [0.2, 0.25) is 0 Å². The molecule has 3 aliphatic rings. The monoisotopic (exact) mass is 418 g/mol. The normalized spacial score (nSPS) is 35.1. The van der Waals surface area contributed by atoms with E-state index in [1.807, 2.05) is 6.92 Å². The molecule has 0 aromatic heterocycles. The Morgan fingerprint density at radius 1 is 0.633 bits per heavy atom. The van der Waals surface area contributed by atoms with Crippen LogP contribution in [0, 0.1) is 29.6 Å². The predicted molar refractivity (Wildman–Crippen MR) is 126 cm³/mol. The van der Waals surface area contributed by atoms with Crippen LogP contribution in [0.15, 0.2) is 0 Å². The van der Waals surface area contributed by atoms with Crippen molar-refractivity contribution in [3.63, 3.8) is 0 Å². The second-order valence-corrected chi connectivity index (χ2v) is 11.1. The van der Waals surface area contributed by atoms with Crippen molar-refractivity contribution in [2.75, 3.05) is 0 Å². The maximum atomic E-state index is 11.5. The Kier molecular flexibility index (Phi) is 10.5. The average Bonchev–Trinajstić information content (AvgIpc) is 2.79. The van der Waals surface area contributed by atoms with Gasteiger partial charge in [-0.2, -0.15) is 0 Å². The van der Waals surface area contributed by atoms with Crippen molar-refractivity contribution >= 4 is 5.97 Å². The van der Waals surface area contributed by atoms with Crippen LogP contribution in [0.4, 0.5) is 0 Å². The summed E-state index contributed by atoms with van der Waals surface area (Å²) in [5.74, 6) is 4.98. The SMILES string of the molecule is CCCCCC1CCC(CCC2CCC(C3CCC(OC(=O)CC)CC3)CC2)CC1. The maximum absolute atomic E-state index is 11.5. The first-order valence-corrected chi connectivity index (χ1v) is 13.9. The largest absolute Gasteiger partial charge is 0.462 e. The van der Waals surface area contributed by atoms with Gasteiger partial charge in [0, 0.05) is 6.42 Å². The number of carbonyl (C=O) groups excluding carboxylic acids is 1. The van der Waals surface area contributed by atoms with Gasteiger partial charge in [-0.3, -0.25) is 4.79 Å². The first-order valence-electron chi connectivity index (χ1n) is 13.9. The Morgan fingerprint density at radius 3 is 1.60 bits per heavy atom. The van der Waals surface area contributed by atoms with Crippen molar-refractivity contribution in [1.82, 2.24) is 0 Å². The zero-order valence-electron chi connectivity index (χ0n) is 20.2. The van der Waals surface area contributed by atoms with Crippen LogP contribution in [0.3, 0.4) is 0 Å². The Hall–Kier alpha value is -0.530. The van der Waals surface area contributed by atoms with Crippen molar-refractivity contribution < 1.29 is 9.53 Å². The van der Waals surface area contributed by atoms with Gasteiger partial charge in [-0.05, 0) is 68.1 Å². The lowest BCUT2D eigenvalue weighted by Crippen LogP contribution is -2.29. The van der Waals surface area contributed by atoms with Crippen LogP contribution in [0.5, 0.6) is 0 Å². The summed E-state index contributed by atoms with van der Waals surface area (Å²) in [6, 6.07) is 0. The van der Waals surface area contributed by atoms with E-state index >= 15 is 0 Å². The van der Waals surface area contributed by atoms with Gasteiger partial charge in [0.05, 0.1) is 0 Å². The summed E-state index contributed by atoms with van der Waals surface area (Å²) in [6.07, 6.45) is 26.4. The van der Waals surface area contributed by atoms with Crippen LogP contribution in [-0.2, 0) is 9.53 Å². The minimum absolute atomic E-state index is 0.0102. The van der Waals surface area contributed by atoms with Gasteiger partial charge in [-0.25, -0.2) is 0 Å². The summed E-state index contributed by atoms with van der Waals surface area (Å²) in [7, 11) is 0. The summed E-state index contributed by atoms with van der Waals surface area (Å²) < 4.78 is 5.57. The molecule has 2 nitrogen and oxygen atoms in total. The molecular weight excluding hydrogens is 368 g/mol. The maximum Gasteiger partial charge on any atom is 0.305 e. The molecule has 0 aliphatic heterocycles. The number of hydrogen-bond acceptors (Lipinski definition) is 2. The molecule has 3 saturated carbocycles. The molecule has 3 fully saturated rings. The van der Waals surface area contributed by atoms with Gasteiger partial charge < -0.3 is 4.74 Å². The van der Waals surface area contributed by atoms with E-state index in [1.54, 1.807) is 0 Å². The number of rotatable bonds is 10. The van der Waals surface area contributed by atoms with Crippen LogP contribution in [0.25, 0.3) is 0 Å².